The van der Waals surface area contributed by atoms with Crippen LogP contribution in [0.5, 0.6) is 0 Å². The molecule has 0 N–H and O–H groups in total. The van der Waals surface area contributed by atoms with Gasteiger partial charge in [0, 0.05) is 27.9 Å². The second-order valence-corrected chi connectivity index (χ2v) is 17.9. The van der Waals surface area contributed by atoms with E-state index in [1.807, 2.05) is 0 Å². The number of hydrogen-bond donors (Lipinski definition) is 0. The van der Waals surface area contributed by atoms with Crippen molar-refractivity contribution in [3.05, 3.63) is 173 Å². The van der Waals surface area contributed by atoms with Crippen molar-refractivity contribution in [3.63, 3.8) is 0 Å². The van der Waals surface area contributed by atoms with E-state index in [1.54, 1.807) is 16.7 Å². The fourth-order valence-corrected chi connectivity index (χ4v) is 13.6. The van der Waals surface area contributed by atoms with Gasteiger partial charge in [0.1, 0.15) is 0 Å². The zero-order valence-electron chi connectivity index (χ0n) is 30.6. The first-order valence-corrected chi connectivity index (χ1v) is 20.5. The molecule has 0 unspecified atom stereocenters. The van der Waals surface area contributed by atoms with Gasteiger partial charge in [0.15, 0.2) is 0 Å². The Kier molecular flexibility index (Phi) is 6.39. The molecular formula is C52H47N. The molecule has 0 aliphatic heterocycles. The Morgan fingerprint density at radius 2 is 0.792 bits per heavy atom. The maximum atomic E-state index is 2.59. The van der Waals surface area contributed by atoms with E-state index in [4.69, 9.17) is 0 Å². The fourth-order valence-electron chi connectivity index (χ4n) is 13.6. The average molecular weight is 686 g/mol. The van der Waals surface area contributed by atoms with Gasteiger partial charge in [-0.3, -0.25) is 0 Å². The second kappa shape index (κ2) is 11.1. The highest BCUT2D eigenvalue weighted by molar-refractivity contribution is 5.87. The first kappa shape index (κ1) is 30.6. The van der Waals surface area contributed by atoms with Crippen LogP contribution in [0.1, 0.15) is 92.0 Å². The summed E-state index contributed by atoms with van der Waals surface area (Å²) in [4.78, 5) is 2.52. The molecule has 1 heteroatoms. The first-order valence-electron chi connectivity index (χ1n) is 20.5. The second-order valence-electron chi connectivity index (χ2n) is 17.9. The molecule has 0 aromatic heterocycles. The maximum Gasteiger partial charge on any atom is 0.0465 e. The summed E-state index contributed by atoms with van der Waals surface area (Å²) in [5, 5.41) is 0. The van der Waals surface area contributed by atoms with Crippen molar-refractivity contribution >= 4 is 17.1 Å². The van der Waals surface area contributed by atoms with Crippen LogP contribution in [0.4, 0.5) is 17.1 Å². The molecule has 7 aliphatic carbocycles. The molecule has 5 fully saturated rings. The number of fused-ring (bicyclic) bond motifs is 10. The molecule has 7 aliphatic rings. The zero-order chi connectivity index (χ0) is 34.8. The van der Waals surface area contributed by atoms with Crippen LogP contribution in [0.15, 0.2) is 146 Å². The van der Waals surface area contributed by atoms with E-state index < -0.39 is 0 Å². The summed E-state index contributed by atoms with van der Waals surface area (Å²) in [5.74, 6) is 2.87. The van der Waals surface area contributed by atoms with Crippen molar-refractivity contribution in [1.82, 2.24) is 0 Å². The molecule has 0 atom stereocenters. The number of para-hydroxylation sites is 1. The molecule has 1 nitrogen and oxygen atoms in total. The van der Waals surface area contributed by atoms with Crippen LogP contribution in [0.2, 0.25) is 0 Å². The van der Waals surface area contributed by atoms with E-state index in [0.29, 0.717) is 5.41 Å². The van der Waals surface area contributed by atoms with E-state index in [1.165, 1.54) is 89.0 Å². The van der Waals surface area contributed by atoms with Gasteiger partial charge in [-0.1, -0.05) is 109 Å². The molecule has 0 saturated heterocycles. The number of rotatable bonds is 4. The molecule has 0 heterocycles. The summed E-state index contributed by atoms with van der Waals surface area (Å²) in [6.07, 6.45) is 13.3. The fraction of sp³-hybridized carbons (Fsp3) is 0.308. The molecule has 5 saturated carbocycles. The highest BCUT2D eigenvalue weighted by Crippen LogP contribution is 2.64. The lowest BCUT2D eigenvalue weighted by Crippen LogP contribution is -2.48. The van der Waals surface area contributed by atoms with Gasteiger partial charge < -0.3 is 4.90 Å². The molecular weight excluding hydrogens is 639 g/mol. The van der Waals surface area contributed by atoms with Crippen molar-refractivity contribution < 1.29 is 0 Å². The van der Waals surface area contributed by atoms with Crippen LogP contribution in [0, 0.1) is 17.8 Å². The molecule has 0 amide bonds. The van der Waals surface area contributed by atoms with E-state index in [0.717, 1.165) is 43.4 Å². The molecule has 260 valence electrons. The average Bonchev–Trinajstić information content (AvgIpc) is 3.63. The summed E-state index contributed by atoms with van der Waals surface area (Å²) in [7, 11) is 0. The van der Waals surface area contributed by atoms with Crippen LogP contribution < -0.4 is 4.90 Å². The number of benzene rings is 6. The Hall–Kier alpha value is -4.88. The zero-order valence-corrected chi connectivity index (χ0v) is 30.6. The third-order valence-electron chi connectivity index (χ3n) is 15.4. The third kappa shape index (κ3) is 4.26. The SMILES string of the molecule is c1ccc(N(c2ccc(C34CC5CC(CC(C5)C3)C4)cc2)c2ccc3c(c2)C2(CCC4(CC2)c2ccccc2-c2ccccc24)c2ccccc2-3)cc1. The predicted octanol–water partition coefficient (Wildman–Crippen LogP) is 13.4. The van der Waals surface area contributed by atoms with Crippen molar-refractivity contribution in [2.45, 2.75) is 80.5 Å². The minimum Gasteiger partial charge on any atom is -0.310 e. The van der Waals surface area contributed by atoms with E-state index in [2.05, 4.69) is 150 Å². The topological polar surface area (TPSA) is 3.24 Å². The Labute approximate surface area is 314 Å². The van der Waals surface area contributed by atoms with Gasteiger partial charge in [-0.05, 0) is 174 Å². The molecule has 6 aromatic rings. The molecule has 0 radical (unpaired) electrons. The maximum absolute atomic E-state index is 2.59. The van der Waals surface area contributed by atoms with Crippen LogP contribution in [0.25, 0.3) is 22.3 Å². The molecule has 13 rings (SSSR count). The van der Waals surface area contributed by atoms with E-state index >= 15 is 0 Å². The van der Waals surface area contributed by atoms with E-state index in [-0.39, 0.29) is 10.8 Å². The molecule has 53 heavy (non-hydrogen) atoms. The van der Waals surface area contributed by atoms with Gasteiger partial charge in [0.2, 0.25) is 0 Å². The quantitative estimate of drug-likeness (QED) is 0.179. The summed E-state index contributed by atoms with van der Waals surface area (Å²) in [6, 6.07) is 56.3. The van der Waals surface area contributed by atoms with Crippen LogP contribution >= 0.6 is 0 Å². The summed E-state index contributed by atoms with van der Waals surface area (Å²) in [5.41, 5.74) is 17.8. The van der Waals surface area contributed by atoms with Crippen molar-refractivity contribution in [2.24, 2.45) is 17.8 Å². The van der Waals surface area contributed by atoms with E-state index in [9.17, 15) is 0 Å². The molecule has 2 spiro atoms. The third-order valence-corrected chi connectivity index (χ3v) is 15.4. The number of nitrogens with zero attached hydrogens (tertiary/aromatic N) is 1. The van der Waals surface area contributed by atoms with Crippen LogP contribution in [-0.2, 0) is 16.2 Å². The summed E-state index contributed by atoms with van der Waals surface area (Å²) < 4.78 is 0. The molecule has 4 bridgehead atoms. The lowest BCUT2D eigenvalue weighted by Gasteiger charge is -2.57. The Balaban J connectivity index is 0.950. The van der Waals surface area contributed by atoms with Crippen molar-refractivity contribution in [3.8, 4) is 22.3 Å². The minimum atomic E-state index is 0.00435. The van der Waals surface area contributed by atoms with Crippen LogP contribution in [-0.4, -0.2) is 0 Å². The monoisotopic (exact) mass is 685 g/mol. The number of hydrogen-bond acceptors (Lipinski definition) is 1. The lowest BCUT2D eigenvalue weighted by molar-refractivity contribution is -0.00518. The lowest BCUT2D eigenvalue weighted by atomic mass is 9.48. The van der Waals surface area contributed by atoms with Crippen molar-refractivity contribution in [1.29, 1.82) is 0 Å². The smallest absolute Gasteiger partial charge is 0.0465 e. The standard InChI is InChI=1S/C52H47N/c1-2-10-39(11-3-1)53(40-20-18-38(19-21-40)50-32-35-28-36(33-50)30-37(29-35)34-50)41-22-23-45-44-14-6-9-17-48(44)52(49(45)31-41)26-24-51(25-27-52)46-15-7-4-12-42(46)43-13-5-8-16-47(43)51/h1-23,31,35-37H,24-30,32-34H2. The van der Waals surface area contributed by atoms with Gasteiger partial charge in [-0.25, -0.2) is 0 Å². The predicted molar refractivity (Wildman–Crippen MR) is 218 cm³/mol. The normalized spacial score (nSPS) is 25.9. The first-order chi connectivity index (χ1) is 26.1. The summed E-state index contributed by atoms with van der Waals surface area (Å²) >= 11 is 0. The van der Waals surface area contributed by atoms with Gasteiger partial charge in [0.25, 0.3) is 0 Å². The highest BCUT2D eigenvalue weighted by atomic mass is 15.1. The Morgan fingerprint density at radius 3 is 1.32 bits per heavy atom. The van der Waals surface area contributed by atoms with Gasteiger partial charge in [-0.2, -0.15) is 0 Å². The van der Waals surface area contributed by atoms with Crippen molar-refractivity contribution in [2.75, 3.05) is 4.90 Å². The van der Waals surface area contributed by atoms with Gasteiger partial charge in [0.05, 0.1) is 0 Å². The molecule has 6 aromatic carbocycles. The number of anilines is 3. The highest BCUT2D eigenvalue weighted by Gasteiger charge is 2.54. The summed E-state index contributed by atoms with van der Waals surface area (Å²) in [6.45, 7) is 0. The minimum absolute atomic E-state index is 0.00435. The Bertz CT molecular complexity index is 2310. The largest absolute Gasteiger partial charge is 0.310 e. The van der Waals surface area contributed by atoms with Gasteiger partial charge >= 0.3 is 0 Å². The van der Waals surface area contributed by atoms with Crippen LogP contribution in [0.3, 0.4) is 0 Å². The van der Waals surface area contributed by atoms with Gasteiger partial charge in [-0.15, -0.1) is 0 Å². The Morgan fingerprint density at radius 1 is 0.377 bits per heavy atom.